The lowest BCUT2D eigenvalue weighted by Gasteiger charge is -1.92. The van der Waals surface area contributed by atoms with Crippen molar-refractivity contribution in [1.82, 2.24) is 15.2 Å². The molecule has 0 unspecified atom stereocenters. The Labute approximate surface area is 124 Å². The predicted molar refractivity (Wildman–Crippen MR) is 86.3 cm³/mol. The van der Waals surface area contributed by atoms with E-state index in [0.29, 0.717) is 0 Å². The lowest BCUT2D eigenvalue weighted by atomic mass is 10.1. The van der Waals surface area contributed by atoms with Crippen LogP contribution in [0.2, 0.25) is 0 Å². The second-order valence-corrected chi connectivity index (χ2v) is 5.82. The molecule has 0 atom stereocenters. The smallest absolute Gasteiger partial charge is 0.117 e. The zero-order valence-corrected chi connectivity index (χ0v) is 11.8. The van der Waals surface area contributed by atoms with Gasteiger partial charge in [-0.3, -0.25) is 5.10 Å². The van der Waals surface area contributed by atoms with E-state index in [4.69, 9.17) is 0 Å². The summed E-state index contributed by atoms with van der Waals surface area (Å²) < 4.78 is 0.985. The number of rotatable bonds is 2. The van der Waals surface area contributed by atoms with E-state index < -0.39 is 0 Å². The summed E-state index contributed by atoms with van der Waals surface area (Å²) in [6, 6.07) is 11.4. The molecule has 0 spiro atoms. The summed E-state index contributed by atoms with van der Waals surface area (Å²) in [6.45, 7) is 0. The minimum atomic E-state index is 0.270. The van der Waals surface area contributed by atoms with E-state index in [9.17, 15) is 5.11 Å². The van der Waals surface area contributed by atoms with Gasteiger partial charge in [0, 0.05) is 5.39 Å². The third-order valence-electron chi connectivity index (χ3n) is 3.27. The van der Waals surface area contributed by atoms with Gasteiger partial charge in [0.25, 0.3) is 0 Å². The highest BCUT2D eigenvalue weighted by atomic mass is 32.1. The number of phenols is 1. The van der Waals surface area contributed by atoms with Crippen molar-refractivity contribution in [2.45, 2.75) is 0 Å². The fourth-order valence-corrected chi connectivity index (χ4v) is 3.13. The molecule has 0 bridgehead atoms. The number of hydrogen-bond donors (Lipinski definition) is 2. The van der Waals surface area contributed by atoms with E-state index in [1.54, 1.807) is 23.5 Å². The molecule has 5 heteroatoms. The molecule has 2 aromatic carbocycles. The Balaban J connectivity index is 1.69. The highest BCUT2D eigenvalue weighted by Crippen LogP contribution is 2.27. The standard InChI is InChI=1S/C16H11N3OS/c20-12-4-5-13-15(8-12)21-16(18-13)6-2-10-1-3-11-9-17-19-14(11)7-10/h1-9,20H,(H,17,19)/b6-2+. The van der Waals surface area contributed by atoms with Gasteiger partial charge in [-0.05, 0) is 35.9 Å². The second kappa shape index (κ2) is 4.71. The summed E-state index contributed by atoms with van der Waals surface area (Å²) in [4.78, 5) is 4.52. The number of phenolic OH excluding ortho intramolecular Hbond substituents is 1. The zero-order valence-electron chi connectivity index (χ0n) is 10.9. The lowest BCUT2D eigenvalue weighted by Crippen LogP contribution is -1.74. The van der Waals surface area contributed by atoms with Gasteiger partial charge in [-0.1, -0.05) is 18.2 Å². The molecule has 102 valence electrons. The van der Waals surface area contributed by atoms with Gasteiger partial charge < -0.3 is 5.11 Å². The maximum absolute atomic E-state index is 9.48. The Bertz CT molecular complexity index is 968. The summed E-state index contributed by atoms with van der Waals surface area (Å²) >= 11 is 1.56. The normalized spacial score (nSPS) is 11.8. The van der Waals surface area contributed by atoms with Crippen molar-refractivity contribution in [3.8, 4) is 5.75 Å². The number of aromatic hydroxyl groups is 1. The maximum atomic E-state index is 9.48. The largest absolute Gasteiger partial charge is 0.508 e. The Kier molecular flexibility index (Phi) is 2.72. The van der Waals surface area contributed by atoms with Crippen LogP contribution in [0, 0.1) is 0 Å². The number of H-pyrrole nitrogens is 1. The van der Waals surface area contributed by atoms with Crippen molar-refractivity contribution in [3.05, 3.63) is 53.2 Å². The van der Waals surface area contributed by atoms with Crippen LogP contribution in [-0.4, -0.2) is 20.3 Å². The molecular weight excluding hydrogens is 282 g/mol. The van der Waals surface area contributed by atoms with Gasteiger partial charge in [0.2, 0.25) is 0 Å². The number of nitrogens with zero attached hydrogens (tertiary/aromatic N) is 2. The van der Waals surface area contributed by atoms with Crippen LogP contribution in [0.25, 0.3) is 33.3 Å². The van der Waals surface area contributed by atoms with Gasteiger partial charge in [-0.25, -0.2) is 4.98 Å². The summed E-state index contributed by atoms with van der Waals surface area (Å²) in [6.07, 6.45) is 5.82. The molecule has 0 fully saturated rings. The molecular formula is C16H11N3OS. The average molecular weight is 293 g/mol. The van der Waals surface area contributed by atoms with Crippen molar-refractivity contribution in [2.24, 2.45) is 0 Å². The van der Waals surface area contributed by atoms with Crippen molar-refractivity contribution < 1.29 is 5.11 Å². The summed E-state index contributed by atoms with van der Waals surface area (Å²) in [5, 5.41) is 18.5. The topological polar surface area (TPSA) is 61.8 Å². The van der Waals surface area contributed by atoms with E-state index >= 15 is 0 Å². The first kappa shape index (κ1) is 12.1. The highest BCUT2D eigenvalue weighted by molar-refractivity contribution is 7.19. The first-order valence-electron chi connectivity index (χ1n) is 6.49. The van der Waals surface area contributed by atoms with Crippen LogP contribution in [0.5, 0.6) is 5.75 Å². The first-order valence-corrected chi connectivity index (χ1v) is 7.30. The number of benzene rings is 2. The fraction of sp³-hybridized carbons (Fsp3) is 0. The lowest BCUT2D eigenvalue weighted by molar-refractivity contribution is 0.476. The number of nitrogens with one attached hydrogen (secondary N) is 1. The first-order chi connectivity index (χ1) is 10.3. The number of thiazole rings is 1. The van der Waals surface area contributed by atoms with Crippen LogP contribution in [0.3, 0.4) is 0 Å². The molecule has 0 aliphatic rings. The van der Waals surface area contributed by atoms with Crippen LogP contribution in [0.1, 0.15) is 10.6 Å². The SMILES string of the molecule is Oc1ccc2nc(/C=C/c3ccc4cn[nH]c4c3)sc2c1. The van der Waals surface area contributed by atoms with E-state index in [2.05, 4.69) is 21.2 Å². The zero-order chi connectivity index (χ0) is 14.2. The molecule has 4 nitrogen and oxygen atoms in total. The Hall–Kier alpha value is -2.66. The van der Waals surface area contributed by atoms with E-state index in [0.717, 1.165) is 31.7 Å². The Morgan fingerprint density at radius 1 is 1.10 bits per heavy atom. The van der Waals surface area contributed by atoms with Crippen LogP contribution in [-0.2, 0) is 0 Å². The Morgan fingerprint density at radius 2 is 2.05 bits per heavy atom. The number of hydrogen-bond acceptors (Lipinski definition) is 4. The molecule has 2 aromatic heterocycles. The molecule has 0 radical (unpaired) electrons. The van der Waals surface area contributed by atoms with Crippen LogP contribution in [0.4, 0.5) is 0 Å². The third-order valence-corrected chi connectivity index (χ3v) is 4.26. The monoisotopic (exact) mass is 293 g/mol. The Morgan fingerprint density at radius 3 is 3.00 bits per heavy atom. The van der Waals surface area contributed by atoms with Gasteiger partial charge in [-0.2, -0.15) is 5.10 Å². The van der Waals surface area contributed by atoms with Gasteiger partial charge in [0.1, 0.15) is 10.8 Å². The number of aromatic amines is 1. The van der Waals surface area contributed by atoms with Crippen molar-refractivity contribution >= 4 is 44.6 Å². The molecule has 0 saturated carbocycles. The summed E-state index contributed by atoms with van der Waals surface area (Å²) in [5.41, 5.74) is 3.02. The van der Waals surface area contributed by atoms with Crippen LogP contribution in [0.15, 0.2) is 42.6 Å². The van der Waals surface area contributed by atoms with Gasteiger partial charge in [0.05, 0.1) is 21.9 Å². The van der Waals surface area contributed by atoms with E-state index in [1.165, 1.54) is 0 Å². The molecule has 0 aliphatic heterocycles. The second-order valence-electron chi connectivity index (χ2n) is 4.75. The average Bonchev–Trinajstić information content (AvgIpc) is 3.09. The molecule has 4 rings (SSSR count). The molecule has 2 heterocycles. The number of fused-ring (bicyclic) bond motifs is 2. The molecule has 21 heavy (non-hydrogen) atoms. The molecule has 2 N–H and O–H groups in total. The summed E-state index contributed by atoms with van der Waals surface area (Å²) in [7, 11) is 0. The van der Waals surface area contributed by atoms with Crippen LogP contribution < -0.4 is 0 Å². The maximum Gasteiger partial charge on any atom is 0.117 e. The predicted octanol–water partition coefficient (Wildman–Crippen LogP) is 4.05. The van der Waals surface area contributed by atoms with Gasteiger partial charge in [-0.15, -0.1) is 11.3 Å². The van der Waals surface area contributed by atoms with Crippen molar-refractivity contribution in [3.63, 3.8) is 0 Å². The van der Waals surface area contributed by atoms with Gasteiger partial charge >= 0.3 is 0 Å². The van der Waals surface area contributed by atoms with Crippen molar-refractivity contribution in [1.29, 1.82) is 0 Å². The van der Waals surface area contributed by atoms with Crippen molar-refractivity contribution in [2.75, 3.05) is 0 Å². The van der Waals surface area contributed by atoms with Gasteiger partial charge in [0.15, 0.2) is 0 Å². The molecule has 0 amide bonds. The molecule has 0 saturated heterocycles. The highest BCUT2D eigenvalue weighted by Gasteiger charge is 2.02. The van der Waals surface area contributed by atoms with E-state index in [1.807, 2.05) is 36.5 Å². The third kappa shape index (κ3) is 2.28. The minimum absolute atomic E-state index is 0.270. The minimum Gasteiger partial charge on any atom is -0.508 e. The van der Waals surface area contributed by atoms with Crippen LogP contribution >= 0.6 is 11.3 Å². The number of aromatic nitrogens is 3. The quantitative estimate of drug-likeness (QED) is 0.586. The fourth-order valence-electron chi connectivity index (χ4n) is 2.23. The summed E-state index contributed by atoms with van der Waals surface area (Å²) in [5.74, 6) is 0.270. The van der Waals surface area contributed by atoms with E-state index in [-0.39, 0.29) is 5.75 Å². The molecule has 0 aliphatic carbocycles. The molecule has 4 aromatic rings.